The van der Waals surface area contributed by atoms with E-state index in [-0.39, 0.29) is 11.9 Å². The molecule has 0 bridgehead atoms. The summed E-state index contributed by atoms with van der Waals surface area (Å²) >= 11 is 6.59. The number of methoxy groups -OCH3 is 3. The van der Waals surface area contributed by atoms with Crippen LogP contribution in [0.3, 0.4) is 0 Å². The van der Waals surface area contributed by atoms with E-state index in [1.807, 2.05) is 41.3 Å². The second-order valence-corrected chi connectivity index (χ2v) is 9.43. The molecule has 2 heterocycles. The van der Waals surface area contributed by atoms with Gasteiger partial charge < -0.3 is 19.1 Å². The summed E-state index contributed by atoms with van der Waals surface area (Å²) in [6.07, 6.45) is 4.48. The lowest BCUT2D eigenvalue weighted by Gasteiger charge is -2.47. The van der Waals surface area contributed by atoms with Crippen LogP contribution in [0.4, 0.5) is 0 Å². The summed E-state index contributed by atoms with van der Waals surface area (Å²) in [4.78, 5) is 17.4. The summed E-state index contributed by atoms with van der Waals surface area (Å²) in [6, 6.07) is 14.2. The number of hydrogen-bond acceptors (Lipinski definition) is 5. The van der Waals surface area contributed by atoms with E-state index in [9.17, 15) is 4.79 Å². The molecule has 34 heavy (non-hydrogen) atoms. The molecular weight excluding hydrogens is 452 g/mol. The minimum Gasteiger partial charge on any atom is -0.493 e. The fraction of sp³-hybridized carbons (Fsp3) is 0.444. The van der Waals surface area contributed by atoms with Crippen LogP contribution < -0.4 is 14.2 Å². The van der Waals surface area contributed by atoms with Crippen LogP contribution in [-0.4, -0.2) is 62.7 Å². The zero-order valence-corrected chi connectivity index (χ0v) is 20.9. The van der Waals surface area contributed by atoms with E-state index in [0.29, 0.717) is 36.1 Å². The van der Waals surface area contributed by atoms with Crippen LogP contribution in [-0.2, 0) is 11.3 Å². The first kappa shape index (κ1) is 24.4. The van der Waals surface area contributed by atoms with Crippen molar-refractivity contribution >= 4 is 23.6 Å². The average Bonchev–Trinajstić information content (AvgIpc) is 2.85. The summed E-state index contributed by atoms with van der Waals surface area (Å²) < 4.78 is 16.4. The molecule has 0 saturated carbocycles. The molecule has 0 aliphatic carbocycles. The van der Waals surface area contributed by atoms with E-state index in [1.54, 1.807) is 21.3 Å². The Kier molecular flexibility index (Phi) is 8.01. The Morgan fingerprint density at radius 1 is 1.06 bits per heavy atom. The number of nitrogens with zero attached hydrogens (tertiary/aromatic N) is 2. The maximum absolute atomic E-state index is 12.9. The molecular formula is C27H33ClN2O4. The Balaban J connectivity index is 1.45. The van der Waals surface area contributed by atoms with Crippen LogP contribution in [0.25, 0.3) is 6.08 Å². The van der Waals surface area contributed by atoms with Gasteiger partial charge in [0.15, 0.2) is 11.5 Å². The smallest absolute Gasteiger partial charge is 0.223 e. The lowest BCUT2D eigenvalue weighted by atomic mass is 9.83. The fourth-order valence-corrected chi connectivity index (χ4v) is 5.48. The molecule has 6 nitrogen and oxygen atoms in total. The normalized spacial score (nSPS) is 21.2. The number of amides is 1. The van der Waals surface area contributed by atoms with E-state index in [2.05, 4.69) is 17.0 Å². The molecule has 4 rings (SSSR count). The zero-order valence-electron chi connectivity index (χ0n) is 20.1. The Hall–Kier alpha value is -2.70. The van der Waals surface area contributed by atoms with Crippen LogP contribution in [0.2, 0.25) is 0 Å². The van der Waals surface area contributed by atoms with Crippen LogP contribution in [0.15, 0.2) is 47.5 Å². The van der Waals surface area contributed by atoms with Gasteiger partial charge in [0.1, 0.15) is 0 Å². The molecule has 0 radical (unpaired) electrons. The number of carbonyl (C=O) groups excluding carboxylic acids is 1. The van der Waals surface area contributed by atoms with E-state index in [4.69, 9.17) is 25.8 Å². The SMILES string of the molecule is COc1cc(CN2C(=O)CC[C@H]3CN(C/C(Cl)=C/c4ccccc4)CC[C@H]32)cc(OC)c1OC. The first-order valence-electron chi connectivity index (χ1n) is 11.7. The van der Waals surface area contributed by atoms with Crippen LogP contribution in [0.5, 0.6) is 17.2 Å². The highest BCUT2D eigenvalue weighted by molar-refractivity contribution is 6.31. The fourth-order valence-electron chi connectivity index (χ4n) is 5.19. The van der Waals surface area contributed by atoms with Crippen molar-refractivity contribution in [3.8, 4) is 17.2 Å². The molecule has 2 aromatic carbocycles. The molecule has 0 N–H and O–H groups in total. The van der Waals surface area contributed by atoms with E-state index in [0.717, 1.165) is 48.6 Å². The highest BCUT2D eigenvalue weighted by atomic mass is 35.5. The van der Waals surface area contributed by atoms with Gasteiger partial charge in [0.2, 0.25) is 11.7 Å². The van der Waals surface area contributed by atoms with Crippen molar-refractivity contribution in [1.82, 2.24) is 9.80 Å². The number of likely N-dealkylation sites (tertiary alicyclic amines) is 2. The van der Waals surface area contributed by atoms with Gasteiger partial charge >= 0.3 is 0 Å². The van der Waals surface area contributed by atoms with Gasteiger partial charge in [-0.2, -0.15) is 0 Å². The monoisotopic (exact) mass is 484 g/mol. The lowest BCUT2D eigenvalue weighted by Crippen LogP contribution is -2.55. The summed E-state index contributed by atoms with van der Waals surface area (Å²) in [5.41, 5.74) is 2.09. The third-order valence-electron chi connectivity index (χ3n) is 6.80. The first-order chi connectivity index (χ1) is 16.5. The minimum absolute atomic E-state index is 0.213. The molecule has 2 fully saturated rings. The number of carbonyl (C=O) groups is 1. The van der Waals surface area contributed by atoms with Crippen molar-refractivity contribution < 1.29 is 19.0 Å². The van der Waals surface area contributed by atoms with Gasteiger partial charge in [-0.1, -0.05) is 41.9 Å². The number of hydrogen-bond donors (Lipinski definition) is 0. The molecule has 0 unspecified atom stereocenters. The average molecular weight is 485 g/mol. The molecule has 2 saturated heterocycles. The second kappa shape index (κ2) is 11.2. The molecule has 182 valence electrons. The largest absolute Gasteiger partial charge is 0.493 e. The van der Waals surface area contributed by atoms with Crippen molar-refractivity contribution in [2.45, 2.75) is 31.8 Å². The summed E-state index contributed by atoms with van der Waals surface area (Å²) in [5, 5.41) is 0.839. The van der Waals surface area contributed by atoms with Crippen LogP contribution in [0, 0.1) is 5.92 Å². The van der Waals surface area contributed by atoms with E-state index < -0.39 is 0 Å². The number of rotatable bonds is 8. The quantitative estimate of drug-likeness (QED) is 0.538. The van der Waals surface area contributed by atoms with Gasteiger partial charge in [0.25, 0.3) is 0 Å². The Morgan fingerprint density at radius 3 is 2.41 bits per heavy atom. The first-order valence-corrected chi connectivity index (χ1v) is 12.1. The topological polar surface area (TPSA) is 51.2 Å². The number of ether oxygens (including phenoxy) is 3. The molecule has 2 aliphatic heterocycles. The predicted molar refractivity (Wildman–Crippen MR) is 134 cm³/mol. The molecule has 2 aromatic rings. The molecule has 2 atom stereocenters. The third kappa shape index (κ3) is 5.50. The predicted octanol–water partition coefficient (Wildman–Crippen LogP) is 4.81. The number of fused-ring (bicyclic) bond motifs is 1. The highest BCUT2D eigenvalue weighted by Gasteiger charge is 2.39. The van der Waals surface area contributed by atoms with Crippen LogP contribution in [0.1, 0.15) is 30.4 Å². The zero-order chi connectivity index (χ0) is 24.1. The van der Waals surface area contributed by atoms with Crippen LogP contribution >= 0.6 is 11.6 Å². The molecule has 0 spiro atoms. The van der Waals surface area contributed by atoms with Gasteiger partial charge in [0, 0.05) is 43.7 Å². The van der Waals surface area contributed by atoms with Gasteiger partial charge in [-0.3, -0.25) is 9.69 Å². The maximum atomic E-state index is 12.9. The van der Waals surface area contributed by atoms with E-state index >= 15 is 0 Å². The third-order valence-corrected chi connectivity index (χ3v) is 7.03. The van der Waals surface area contributed by atoms with Crippen molar-refractivity contribution in [3.63, 3.8) is 0 Å². The number of halogens is 1. The Bertz CT molecular complexity index is 1000. The molecule has 0 aromatic heterocycles. The Labute approximate surface area is 207 Å². The van der Waals surface area contributed by atoms with Gasteiger partial charge in [-0.25, -0.2) is 0 Å². The van der Waals surface area contributed by atoms with Crippen molar-refractivity contribution in [1.29, 1.82) is 0 Å². The lowest BCUT2D eigenvalue weighted by molar-refractivity contribution is -0.141. The standard InChI is InChI=1S/C27H33ClN2O4/c1-32-24-14-20(15-25(33-2)27(24)34-3)16-30-23-11-12-29(17-21(23)9-10-26(30)31)18-22(28)13-19-7-5-4-6-8-19/h4-8,13-15,21,23H,9-12,16-18H2,1-3H3/b22-13-/t21-,23+/m0/s1. The maximum Gasteiger partial charge on any atom is 0.223 e. The summed E-state index contributed by atoms with van der Waals surface area (Å²) in [6.45, 7) is 3.13. The van der Waals surface area contributed by atoms with Crippen molar-refractivity contribution in [2.24, 2.45) is 5.92 Å². The number of piperidine rings is 2. The summed E-state index contributed by atoms with van der Waals surface area (Å²) in [7, 11) is 4.81. The van der Waals surface area contributed by atoms with Gasteiger partial charge in [-0.05, 0) is 48.1 Å². The van der Waals surface area contributed by atoms with Gasteiger partial charge in [0.05, 0.1) is 21.3 Å². The molecule has 2 aliphatic rings. The minimum atomic E-state index is 0.213. The second-order valence-electron chi connectivity index (χ2n) is 8.95. The Morgan fingerprint density at radius 2 is 1.76 bits per heavy atom. The molecule has 7 heteroatoms. The van der Waals surface area contributed by atoms with E-state index in [1.165, 1.54) is 0 Å². The highest BCUT2D eigenvalue weighted by Crippen LogP contribution is 2.40. The van der Waals surface area contributed by atoms with Crippen molar-refractivity contribution in [2.75, 3.05) is 41.0 Å². The van der Waals surface area contributed by atoms with Gasteiger partial charge in [-0.15, -0.1) is 0 Å². The van der Waals surface area contributed by atoms with Crippen molar-refractivity contribution in [3.05, 3.63) is 58.6 Å². The summed E-state index contributed by atoms with van der Waals surface area (Å²) in [5.74, 6) is 2.42. The number of benzene rings is 2. The molecule has 1 amide bonds.